The van der Waals surface area contributed by atoms with Crippen LogP contribution in [-0.2, 0) is 17.8 Å². The van der Waals surface area contributed by atoms with Crippen LogP contribution in [0.2, 0.25) is 0 Å². The van der Waals surface area contributed by atoms with Gasteiger partial charge in [-0.15, -0.1) is 0 Å². The second-order valence-corrected chi connectivity index (χ2v) is 8.05. The average Bonchev–Trinajstić information content (AvgIpc) is 3.30. The minimum absolute atomic E-state index is 0.0254. The summed E-state index contributed by atoms with van der Waals surface area (Å²) in [6.45, 7) is 2.91. The Hall–Kier alpha value is -3.34. The second kappa shape index (κ2) is 10.3. The lowest BCUT2D eigenvalue weighted by Gasteiger charge is -2.26. The van der Waals surface area contributed by atoms with Crippen LogP contribution >= 0.6 is 0 Å². The Kier molecular flexibility index (Phi) is 7.05. The molecule has 0 N–H and O–H groups in total. The van der Waals surface area contributed by atoms with E-state index in [2.05, 4.69) is 18.2 Å². The monoisotopic (exact) mass is 433 g/mol. The van der Waals surface area contributed by atoms with Crippen LogP contribution in [0.5, 0.6) is 11.5 Å². The number of hydrogen-bond donors (Lipinski definition) is 0. The van der Waals surface area contributed by atoms with Crippen LogP contribution in [0.15, 0.2) is 72.8 Å². The number of fused-ring (bicyclic) bond motifs is 1. The van der Waals surface area contributed by atoms with Gasteiger partial charge in [-0.3, -0.25) is 4.79 Å². The van der Waals surface area contributed by atoms with Crippen LogP contribution in [-0.4, -0.2) is 24.1 Å². The molecule has 166 valence electrons. The summed E-state index contributed by atoms with van der Waals surface area (Å²) in [4.78, 5) is 14.4. The number of rotatable bonds is 9. The van der Waals surface area contributed by atoms with Gasteiger partial charge in [-0.1, -0.05) is 61.5 Å². The van der Waals surface area contributed by atoms with Gasteiger partial charge in [-0.2, -0.15) is 0 Å². The summed E-state index contributed by atoms with van der Waals surface area (Å²) in [5, 5.41) is 0. The highest BCUT2D eigenvalue weighted by Crippen LogP contribution is 2.36. The molecule has 0 saturated carbocycles. The van der Waals surface area contributed by atoms with E-state index in [1.807, 2.05) is 37.3 Å². The van der Waals surface area contributed by atoms with E-state index in [-0.39, 0.29) is 31.0 Å². The van der Waals surface area contributed by atoms with Crippen molar-refractivity contribution >= 4 is 5.91 Å². The first-order chi connectivity index (χ1) is 15.6. The van der Waals surface area contributed by atoms with Crippen LogP contribution in [0.1, 0.15) is 42.4 Å². The van der Waals surface area contributed by atoms with Crippen molar-refractivity contribution in [2.75, 3.05) is 13.3 Å². The Labute approximate surface area is 188 Å². The van der Waals surface area contributed by atoms with Gasteiger partial charge < -0.3 is 14.4 Å². The number of nitrogens with zero attached hydrogens (tertiary/aromatic N) is 1. The van der Waals surface area contributed by atoms with Gasteiger partial charge in [0.05, 0.1) is 0 Å². The Bertz CT molecular complexity index is 1050. The highest BCUT2D eigenvalue weighted by atomic mass is 19.1. The highest BCUT2D eigenvalue weighted by Gasteiger charge is 2.21. The molecule has 1 aliphatic rings. The molecule has 4 rings (SSSR count). The van der Waals surface area contributed by atoms with Crippen LogP contribution in [0.3, 0.4) is 0 Å². The van der Waals surface area contributed by atoms with E-state index in [4.69, 9.17) is 9.47 Å². The third kappa shape index (κ3) is 5.28. The molecule has 3 aromatic carbocycles. The third-order valence-corrected chi connectivity index (χ3v) is 5.91. The van der Waals surface area contributed by atoms with Crippen LogP contribution in [0.25, 0.3) is 0 Å². The normalized spacial score (nSPS) is 13.1. The number of ether oxygens (including phenoxy) is 2. The molecule has 0 spiro atoms. The van der Waals surface area contributed by atoms with E-state index in [0.717, 1.165) is 29.9 Å². The molecule has 0 aliphatic carbocycles. The first-order valence-electron chi connectivity index (χ1n) is 11.1. The Morgan fingerprint density at radius 1 is 1.00 bits per heavy atom. The zero-order valence-electron chi connectivity index (χ0n) is 18.3. The molecule has 4 nitrogen and oxygen atoms in total. The van der Waals surface area contributed by atoms with Gasteiger partial charge in [0.25, 0.3) is 0 Å². The van der Waals surface area contributed by atoms with Gasteiger partial charge in [-0.25, -0.2) is 4.39 Å². The van der Waals surface area contributed by atoms with Crippen molar-refractivity contribution < 1.29 is 18.7 Å². The fourth-order valence-corrected chi connectivity index (χ4v) is 4.11. The summed E-state index contributed by atoms with van der Waals surface area (Å²) in [6, 6.07) is 23.0. The van der Waals surface area contributed by atoms with Crippen LogP contribution in [0.4, 0.5) is 4.39 Å². The molecule has 1 amide bonds. The first-order valence-corrected chi connectivity index (χ1v) is 11.1. The molecule has 5 heteroatoms. The fourth-order valence-electron chi connectivity index (χ4n) is 4.11. The average molecular weight is 434 g/mol. The molecule has 0 bridgehead atoms. The number of hydrogen-bond acceptors (Lipinski definition) is 3. The van der Waals surface area contributed by atoms with E-state index in [0.29, 0.717) is 18.5 Å². The van der Waals surface area contributed by atoms with Crippen LogP contribution in [0, 0.1) is 5.82 Å². The molecule has 32 heavy (non-hydrogen) atoms. The van der Waals surface area contributed by atoms with Gasteiger partial charge in [0.2, 0.25) is 12.7 Å². The van der Waals surface area contributed by atoms with Gasteiger partial charge in [-0.05, 0) is 48.1 Å². The molecule has 0 fully saturated rings. The molecule has 3 aromatic rings. The van der Waals surface area contributed by atoms with Crippen molar-refractivity contribution in [1.82, 2.24) is 4.90 Å². The molecule has 0 saturated heterocycles. The standard InChI is InChI=1S/C27H28FNO3/c1-2-27(30)29(18-23-10-6-7-11-24(23)28)15-14-22(16-20-8-4-3-5-9-20)21-12-13-25-26(17-21)32-19-31-25/h3-13,17,22H,2,14-16,18-19H2,1H3/t22-/m0/s1. The first kappa shape index (κ1) is 21.9. The largest absolute Gasteiger partial charge is 0.454 e. The number of carbonyl (C=O) groups excluding carboxylic acids is 1. The third-order valence-electron chi connectivity index (χ3n) is 5.91. The molecule has 0 unspecified atom stereocenters. The maximum Gasteiger partial charge on any atom is 0.231 e. The predicted molar refractivity (Wildman–Crippen MR) is 122 cm³/mol. The van der Waals surface area contributed by atoms with E-state index >= 15 is 0 Å². The van der Waals surface area contributed by atoms with E-state index in [1.165, 1.54) is 11.6 Å². The smallest absolute Gasteiger partial charge is 0.231 e. The Balaban J connectivity index is 1.54. The summed E-state index contributed by atoms with van der Waals surface area (Å²) in [7, 11) is 0. The predicted octanol–water partition coefficient (Wildman–Crippen LogP) is 5.71. The van der Waals surface area contributed by atoms with E-state index in [9.17, 15) is 9.18 Å². The number of halogens is 1. The summed E-state index contributed by atoms with van der Waals surface area (Å²) < 4.78 is 25.3. The van der Waals surface area contributed by atoms with Crippen molar-refractivity contribution in [2.45, 2.75) is 38.6 Å². The molecular formula is C27H28FNO3. The Morgan fingerprint density at radius 3 is 2.53 bits per heavy atom. The number of amides is 1. The topological polar surface area (TPSA) is 38.8 Å². The molecule has 0 radical (unpaired) electrons. The van der Waals surface area contributed by atoms with Gasteiger partial charge >= 0.3 is 0 Å². The summed E-state index contributed by atoms with van der Waals surface area (Å²) in [6.07, 6.45) is 1.99. The lowest BCUT2D eigenvalue weighted by Crippen LogP contribution is -2.32. The lowest BCUT2D eigenvalue weighted by atomic mass is 9.88. The quantitative estimate of drug-likeness (QED) is 0.434. The molecule has 1 aliphatic heterocycles. The van der Waals surface area contributed by atoms with Gasteiger partial charge in [0, 0.05) is 25.1 Å². The highest BCUT2D eigenvalue weighted by molar-refractivity contribution is 5.75. The minimum Gasteiger partial charge on any atom is -0.454 e. The van der Waals surface area contributed by atoms with Crippen molar-refractivity contribution in [3.8, 4) is 11.5 Å². The van der Waals surface area contributed by atoms with Crippen LogP contribution < -0.4 is 9.47 Å². The summed E-state index contributed by atoms with van der Waals surface area (Å²) >= 11 is 0. The summed E-state index contributed by atoms with van der Waals surface area (Å²) in [5.74, 6) is 1.44. The zero-order chi connectivity index (χ0) is 22.3. The van der Waals surface area contributed by atoms with Crippen molar-refractivity contribution in [3.05, 3.63) is 95.3 Å². The van der Waals surface area contributed by atoms with Crippen molar-refractivity contribution in [3.63, 3.8) is 0 Å². The fraction of sp³-hybridized carbons (Fsp3) is 0.296. The minimum atomic E-state index is -0.280. The van der Waals surface area contributed by atoms with E-state index in [1.54, 1.807) is 23.1 Å². The summed E-state index contributed by atoms with van der Waals surface area (Å²) in [5.41, 5.74) is 2.92. The van der Waals surface area contributed by atoms with Crippen molar-refractivity contribution in [1.29, 1.82) is 0 Å². The maximum absolute atomic E-state index is 14.2. The van der Waals surface area contributed by atoms with E-state index < -0.39 is 0 Å². The molecular weight excluding hydrogens is 405 g/mol. The number of benzene rings is 3. The Morgan fingerprint density at radius 2 is 1.75 bits per heavy atom. The lowest BCUT2D eigenvalue weighted by molar-refractivity contribution is -0.131. The molecule has 1 heterocycles. The number of carbonyl (C=O) groups is 1. The SMILES string of the molecule is CCC(=O)N(CC[C@@H](Cc1ccccc1)c1ccc2c(c1)OCO2)Cc1ccccc1F. The van der Waals surface area contributed by atoms with Gasteiger partial charge in [0.1, 0.15) is 5.82 Å². The zero-order valence-corrected chi connectivity index (χ0v) is 18.3. The molecule has 1 atom stereocenters. The molecule has 0 aromatic heterocycles. The maximum atomic E-state index is 14.2. The van der Waals surface area contributed by atoms with Gasteiger partial charge in [0.15, 0.2) is 11.5 Å². The van der Waals surface area contributed by atoms with Crippen molar-refractivity contribution in [2.24, 2.45) is 0 Å². The second-order valence-electron chi connectivity index (χ2n) is 8.05.